The number of nitrogens with zero attached hydrogens (tertiary/aromatic N) is 3. The fraction of sp³-hybridized carbons (Fsp3) is 0.190. The molecule has 0 spiro atoms. The van der Waals surface area contributed by atoms with Gasteiger partial charge in [-0.25, -0.2) is 14.1 Å². The molecule has 142 valence electrons. The number of rotatable bonds is 6. The van der Waals surface area contributed by atoms with Gasteiger partial charge in [-0.1, -0.05) is 12.1 Å². The third kappa shape index (κ3) is 4.09. The zero-order chi connectivity index (χ0) is 19.5. The van der Waals surface area contributed by atoms with Crippen LogP contribution in [-0.2, 0) is 11.2 Å². The molecule has 5 nitrogen and oxygen atoms in total. The molecule has 2 aromatic carbocycles. The Bertz CT molecular complexity index is 1080. The third-order valence-electron chi connectivity index (χ3n) is 4.30. The quantitative estimate of drug-likeness (QED) is 0.506. The predicted molar refractivity (Wildman–Crippen MR) is 109 cm³/mol. The molecule has 0 fully saturated rings. The summed E-state index contributed by atoms with van der Waals surface area (Å²) in [5.74, 6) is 0.187. The molecule has 0 saturated carbocycles. The molecule has 0 aliphatic carbocycles. The Morgan fingerprint density at radius 1 is 1.18 bits per heavy atom. The van der Waals surface area contributed by atoms with E-state index < -0.39 is 0 Å². The Kier molecular flexibility index (Phi) is 5.16. The first-order chi connectivity index (χ1) is 13.6. The lowest BCUT2D eigenvalue weighted by Crippen LogP contribution is -2.15. The van der Waals surface area contributed by atoms with E-state index >= 15 is 0 Å². The van der Waals surface area contributed by atoms with Gasteiger partial charge in [-0.05, 0) is 56.2 Å². The molecule has 1 amide bonds. The van der Waals surface area contributed by atoms with Crippen LogP contribution in [0.15, 0.2) is 54.6 Å². The lowest BCUT2D eigenvalue weighted by Gasteiger charge is -2.08. The summed E-state index contributed by atoms with van der Waals surface area (Å²) in [4.78, 5) is 17.0. The summed E-state index contributed by atoms with van der Waals surface area (Å²) in [5, 5.41) is 8.34. The number of hydrogen-bond acceptors (Lipinski definition) is 4. The summed E-state index contributed by atoms with van der Waals surface area (Å²) in [6.07, 6.45) is 1.88. The molecule has 0 unspecified atom stereocenters. The second-order valence-corrected chi connectivity index (χ2v) is 7.65. The van der Waals surface area contributed by atoms with Crippen molar-refractivity contribution in [2.45, 2.75) is 26.2 Å². The number of benzene rings is 2. The predicted octanol–water partition coefficient (Wildman–Crippen LogP) is 4.89. The van der Waals surface area contributed by atoms with E-state index in [1.54, 1.807) is 34.2 Å². The number of carbonyl (C=O) groups excluding carboxylic acids is 1. The van der Waals surface area contributed by atoms with Crippen LogP contribution in [0.2, 0.25) is 0 Å². The Morgan fingerprint density at radius 3 is 2.75 bits per heavy atom. The lowest BCUT2D eigenvalue weighted by atomic mass is 10.2. The zero-order valence-corrected chi connectivity index (χ0v) is 16.2. The van der Waals surface area contributed by atoms with E-state index in [1.165, 1.54) is 16.8 Å². The first-order valence-corrected chi connectivity index (χ1v) is 9.87. The van der Waals surface area contributed by atoms with Gasteiger partial charge in [0.25, 0.3) is 0 Å². The van der Waals surface area contributed by atoms with Gasteiger partial charge >= 0.3 is 0 Å². The van der Waals surface area contributed by atoms with Crippen LogP contribution in [0.5, 0.6) is 0 Å². The van der Waals surface area contributed by atoms with Gasteiger partial charge in [0.05, 0.1) is 26.6 Å². The van der Waals surface area contributed by atoms with Gasteiger partial charge in [0.2, 0.25) is 5.91 Å². The van der Waals surface area contributed by atoms with Crippen molar-refractivity contribution in [1.82, 2.24) is 14.8 Å². The SMILES string of the molecule is Cc1cc(NC(=O)CCCc2nc3ccccc3s2)n(-c2ccc(F)cc2)n1. The van der Waals surface area contributed by atoms with Gasteiger partial charge in [-0.2, -0.15) is 5.10 Å². The second-order valence-electron chi connectivity index (χ2n) is 6.54. The highest BCUT2D eigenvalue weighted by Crippen LogP contribution is 2.23. The van der Waals surface area contributed by atoms with E-state index in [9.17, 15) is 9.18 Å². The number of aromatic nitrogens is 3. The molecule has 1 N–H and O–H groups in total. The molecule has 0 aliphatic rings. The fourth-order valence-electron chi connectivity index (χ4n) is 3.00. The standard InChI is InChI=1S/C21H19FN4OS/c1-14-13-19(26(25-14)16-11-9-15(22)10-12-16)24-20(27)7-4-8-21-23-17-5-2-3-6-18(17)28-21/h2-3,5-6,9-13H,4,7-8H2,1H3,(H,24,27). The number of carbonyl (C=O) groups is 1. The number of amides is 1. The number of thiazole rings is 1. The van der Waals surface area contributed by atoms with Crippen molar-refractivity contribution in [2.75, 3.05) is 5.32 Å². The topological polar surface area (TPSA) is 59.8 Å². The molecule has 0 atom stereocenters. The fourth-order valence-corrected chi connectivity index (χ4v) is 4.01. The largest absolute Gasteiger partial charge is 0.311 e. The summed E-state index contributed by atoms with van der Waals surface area (Å²) in [6, 6.07) is 15.8. The zero-order valence-electron chi connectivity index (χ0n) is 15.4. The maximum atomic E-state index is 13.2. The number of para-hydroxylation sites is 1. The molecule has 0 aliphatic heterocycles. The van der Waals surface area contributed by atoms with Crippen LogP contribution in [0.1, 0.15) is 23.5 Å². The van der Waals surface area contributed by atoms with Crippen LogP contribution in [0, 0.1) is 12.7 Å². The van der Waals surface area contributed by atoms with E-state index in [2.05, 4.69) is 21.5 Å². The van der Waals surface area contributed by atoms with E-state index in [4.69, 9.17) is 0 Å². The van der Waals surface area contributed by atoms with Crippen molar-refractivity contribution in [1.29, 1.82) is 0 Å². The number of hydrogen-bond donors (Lipinski definition) is 1. The lowest BCUT2D eigenvalue weighted by molar-refractivity contribution is -0.116. The second kappa shape index (κ2) is 7.90. The number of fused-ring (bicyclic) bond motifs is 1. The Balaban J connectivity index is 1.38. The van der Waals surface area contributed by atoms with E-state index in [-0.39, 0.29) is 11.7 Å². The van der Waals surface area contributed by atoms with Gasteiger partial charge in [0.15, 0.2) is 0 Å². The van der Waals surface area contributed by atoms with Gasteiger partial charge in [0.1, 0.15) is 11.6 Å². The maximum absolute atomic E-state index is 13.2. The summed E-state index contributed by atoms with van der Waals surface area (Å²) >= 11 is 1.67. The number of anilines is 1. The molecule has 2 aromatic heterocycles. The molecule has 28 heavy (non-hydrogen) atoms. The van der Waals surface area contributed by atoms with Gasteiger partial charge in [-0.3, -0.25) is 4.79 Å². The number of aryl methyl sites for hydroxylation is 2. The summed E-state index contributed by atoms with van der Waals surface area (Å²) in [7, 11) is 0. The van der Waals surface area contributed by atoms with Crippen LogP contribution in [0.25, 0.3) is 15.9 Å². The molecular weight excluding hydrogens is 375 g/mol. The van der Waals surface area contributed by atoms with Crippen LogP contribution in [-0.4, -0.2) is 20.7 Å². The van der Waals surface area contributed by atoms with Crippen molar-refractivity contribution in [3.05, 3.63) is 71.1 Å². The molecule has 7 heteroatoms. The van der Waals surface area contributed by atoms with Crippen molar-refractivity contribution in [2.24, 2.45) is 0 Å². The Hall–Kier alpha value is -3.06. The summed E-state index contributed by atoms with van der Waals surface area (Å²) in [6.45, 7) is 1.85. The maximum Gasteiger partial charge on any atom is 0.225 e. The normalized spacial score (nSPS) is 11.1. The minimum absolute atomic E-state index is 0.0793. The number of nitrogens with one attached hydrogen (secondary N) is 1. The summed E-state index contributed by atoms with van der Waals surface area (Å²) < 4.78 is 15.9. The van der Waals surface area contributed by atoms with Crippen LogP contribution < -0.4 is 5.32 Å². The average Bonchev–Trinajstić information content (AvgIpc) is 3.25. The van der Waals surface area contributed by atoms with Crippen molar-refractivity contribution in [3.63, 3.8) is 0 Å². The molecule has 4 rings (SSSR count). The van der Waals surface area contributed by atoms with Crippen molar-refractivity contribution in [3.8, 4) is 5.69 Å². The van der Waals surface area contributed by atoms with Crippen LogP contribution in [0.3, 0.4) is 0 Å². The summed E-state index contributed by atoms with van der Waals surface area (Å²) in [5.41, 5.74) is 2.47. The Morgan fingerprint density at radius 2 is 1.96 bits per heavy atom. The van der Waals surface area contributed by atoms with E-state index in [1.807, 2.05) is 25.1 Å². The monoisotopic (exact) mass is 394 g/mol. The highest BCUT2D eigenvalue weighted by molar-refractivity contribution is 7.18. The van der Waals surface area contributed by atoms with Crippen LogP contribution >= 0.6 is 11.3 Å². The molecule has 2 heterocycles. The van der Waals surface area contributed by atoms with E-state index in [0.717, 1.165) is 29.1 Å². The first-order valence-electron chi connectivity index (χ1n) is 9.05. The molecule has 0 bridgehead atoms. The van der Waals surface area contributed by atoms with Gasteiger partial charge in [-0.15, -0.1) is 11.3 Å². The number of halogens is 1. The minimum atomic E-state index is -0.312. The van der Waals surface area contributed by atoms with Crippen molar-refractivity contribution < 1.29 is 9.18 Å². The van der Waals surface area contributed by atoms with Gasteiger partial charge < -0.3 is 5.32 Å². The van der Waals surface area contributed by atoms with Gasteiger partial charge in [0, 0.05) is 12.5 Å². The van der Waals surface area contributed by atoms with Crippen molar-refractivity contribution >= 4 is 33.3 Å². The molecule has 4 aromatic rings. The third-order valence-corrected chi connectivity index (χ3v) is 5.40. The molecule has 0 saturated heterocycles. The van der Waals surface area contributed by atoms with Crippen LogP contribution in [0.4, 0.5) is 10.2 Å². The minimum Gasteiger partial charge on any atom is -0.311 e. The first kappa shape index (κ1) is 18.3. The smallest absolute Gasteiger partial charge is 0.225 e. The highest BCUT2D eigenvalue weighted by Gasteiger charge is 2.12. The average molecular weight is 394 g/mol. The Labute approximate surface area is 165 Å². The molecule has 0 radical (unpaired) electrons. The molecular formula is C21H19FN4OS. The highest BCUT2D eigenvalue weighted by atomic mass is 32.1. The van der Waals surface area contributed by atoms with E-state index in [0.29, 0.717) is 17.9 Å².